The quantitative estimate of drug-likeness (QED) is 0.602. The van der Waals surface area contributed by atoms with Gasteiger partial charge in [-0.1, -0.05) is 26.7 Å². The second kappa shape index (κ2) is 5.94. The van der Waals surface area contributed by atoms with Gasteiger partial charge in [-0.25, -0.2) is 0 Å². The number of hydrogen-bond acceptors (Lipinski definition) is 2. The first kappa shape index (κ1) is 11.4. The maximum absolute atomic E-state index is 2.49. The minimum Gasteiger partial charge on any atom is -0.356 e. The highest BCUT2D eigenvalue weighted by Gasteiger charge is 2.22. The van der Waals surface area contributed by atoms with Gasteiger partial charge in [0.2, 0.25) is 0 Å². The zero-order chi connectivity index (χ0) is 10.4. The lowest BCUT2D eigenvalue weighted by Gasteiger charge is -2.31. The molecular weight excluding hydrogens is 172 g/mol. The molecule has 2 nitrogen and oxygen atoms in total. The molecule has 1 aliphatic rings. The molecule has 0 aromatic carbocycles. The van der Waals surface area contributed by atoms with Gasteiger partial charge >= 0.3 is 0 Å². The van der Waals surface area contributed by atoms with E-state index in [1.807, 2.05) is 0 Å². The first-order valence-corrected chi connectivity index (χ1v) is 6.03. The van der Waals surface area contributed by atoms with E-state index >= 15 is 0 Å². The van der Waals surface area contributed by atoms with Crippen molar-refractivity contribution in [3.05, 3.63) is 12.4 Å². The van der Waals surface area contributed by atoms with Gasteiger partial charge in [-0.15, -0.1) is 0 Å². The molecule has 0 spiro atoms. The van der Waals surface area contributed by atoms with Crippen LogP contribution in [0.1, 0.15) is 46.5 Å². The third kappa shape index (κ3) is 2.66. The molecule has 0 N–H and O–H groups in total. The predicted octanol–water partition coefficient (Wildman–Crippen LogP) is 3.02. The zero-order valence-corrected chi connectivity index (χ0v) is 9.87. The summed E-state index contributed by atoms with van der Waals surface area (Å²) in [4.78, 5) is 4.91. The van der Waals surface area contributed by atoms with Gasteiger partial charge in [0.05, 0.1) is 0 Å². The molecule has 0 amide bonds. The smallest absolute Gasteiger partial charge is 0.100 e. The van der Waals surface area contributed by atoms with E-state index in [1.165, 1.54) is 32.2 Å². The summed E-state index contributed by atoms with van der Waals surface area (Å²) in [5, 5.41) is 0. The van der Waals surface area contributed by atoms with Crippen molar-refractivity contribution in [2.24, 2.45) is 0 Å². The first-order chi connectivity index (χ1) is 6.83. The lowest BCUT2D eigenvalue weighted by molar-refractivity contribution is 0.151. The van der Waals surface area contributed by atoms with Crippen molar-refractivity contribution in [1.82, 2.24) is 9.80 Å². The molecule has 0 fully saturated rings. The van der Waals surface area contributed by atoms with E-state index in [1.54, 1.807) is 0 Å². The maximum atomic E-state index is 2.49. The van der Waals surface area contributed by atoms with Crippen LogP contribution < -0.4 is 0 Å². The van der Waals surface area contributed by atoms with Crippen LogP contribution >= 0.6 is 0 Å². The summed E-state index contributed by atoms with van der Waals surface area (Å²) >= 11 is 0. The Hall–Kier alpha value is -0.660. The first-order valence-electron chi connectivity index (χ1n) is 6.03. The van der Waals surface area contributed by atoms with E-state index in [2.05, 4.69) is 43.0 Å². The van der Waals surface area contributed by atoms with E-state index in [-0.39, 0.29) is 0 Å². The minimum atomic E-state index is 0.622. The average Bonchev–Trinajstić information content (AvgIpc) is 2.60. The van der Waals surface area contributed by atoms with E-state index < -0.39 is 0 Å². The molecule has 14 heavy (non-hydrogen) atoms. The molecule has 2 heteroatoms. The molecule has 1 unspecified atom stereocenters. The van der Waals surface area contributed by atoms with Crippen LogP contribution in [0.3, 0.4) is 0 Å². The number of nitrogens with zero attached hydrogens (tertiary/aromatic N) is 2. The predicted molar refractivity (Wildman–Crippen MR) is 61.8 cm³/mol. The van der Waals surface area contributed by atoms with Crippen LogP contribution in [0, 0.1) is 0 Å². The van der Waals surface area contributed by atoms with Crippen molar-refractivity contribution in [2.45, 2.75) is 52.6 Å². The second-order valence-electron chi connectivity index (χ2n) is 3.96. The van der Waals surface area contributed by atoms with Crippen molar-refractivity contribution in [1.29, 1.82) is 0 Å². The maximum Gasteiger partial charge on any atom is 0.100 e. The highest BCUT2D eigenvalue weighted by Crippen LogP contribution is 2.18. The van der Waals surface area contributed by atoms with Crippen LogP contribution in [0.15, 0.2) is 12.4 Å². The topological polar surface area (TPSA) is 6.48 Å². The molecule has 0 saturated carbocycles. The highest BCUT2D eigenvalue weighted by molar-refractivity contribution is 4.95. The largest absolute Gasteiger partial charge is 0.356 e. The van der Waals surface area contributed by atoms with Gasteiger partial charge in [-0.3, -0.25) is 0 Å². The summed E-state index contributed by atoms with van der Waals surface area (Å²) in [6, 6.07) is 0. The van der Waals surface area contributed by atoms with Gasteiger partial charge in [0, 0.05) is 25.5 Å². The monoisotopic (exact) mass is 196 g/mol. The highest BCUT2D eigenvalue weighted by atomic mass is 15.4. The fourth-order valence-corrected chi connectivity index (χ4v) is 2.11. The Bertz CT molecular complexity index is 177. The Kier molecular flexibility index (Phi) is 4.85. The Morgan fingerprint density at radius 2 is 1.71 bits per heavy atom. The zero-order valence-electron chi connectivity index (χ0n) is 9.87. The Morgan fingerprint density at radius 3 is 2.29 bits per heavy atom. The summed E-state index contributed by atoms with van der Waals surface area (Å²) in [7, 11) is 0. The second-order valence-corrected chi connectivity index (χ2v) is 3.96. The van der Waals surface area contributed by atoms with Crippen LogP contribution in [0.25, 0.3) is 0 Å². The van der Waals surface area contributed by atoms with Gasteiger partial charge in [-0.2, -0.15) is 0 Å². The number of hydrogen-bond donors (Lipinski definition) is 0. The Balaban J connectivity index is 2.34. The van der Waals surface area contributed by atoms with Crippen LogP contribution in [-0.4, -0.2) is 29.1 Å². The molecule has 0 aliphatic carbocycles. The van der Waals surface area contributed by atoms with Crippen molar-refractivity contribution < 1.29 is 0 Å². The normalized spacial score (nSPS) is 20.9. The standard InChI is InChI=1S/C12H24N2/c1-4-7-8-9-14-11-10-13(6-3)12(14)5-2/h10-12H,4-9H2,1-3H3. The molecule has 82 valence electrons. The molecule has 0 radical (unpaired) electrons. The fraction of sp³-hybridized carbons (Fsp3) is 0.833. The van der Waals surface area contributed by atoms with Gasteiger partial charge in [0.25, 0.3) is 0 Å². The van der Waals surface area contributed by atoms with Crippen molar-refractivity contribution in [3.63, 3.8) is 0 Å². The molecule has 1 heterocycles. The summed E-state index contributed by atoms with van der Waals surface area (Å²) < 4.78 is 0. The minimum absolute atomic E-state index is 0.622. The average molecular weight is 196 g/mol. The summed E-state index contributed by atoms with van der Waals surface area (Å²) in [5.41, 5.74) is 0. The Morgan fingerprint density at radius 1 is 1.00 bits per heavy atom. The third-order valence-corrected chi connectivity index (χ3v) is 2.97. The molecule has 1 rings (SSSR count). The van der Waals surface area contributed by atoms with Gasteiger partial charge < -0.3 is 9.80 Å². The van der Waals surface area contributed by atoms with Crippen molar-refractivity contribution in [2.75, 3.05) is 13.1 Å². The molecule has 0 bridgehead atoms. The third-order valence-electron chi connectivity index (χ3n) is 2.97. The number of unbranched alkanes of at least 4 members (excludes halogenated alkanes) is 2. The van der Waals surface area contributed by atoms with Gasteiger partial charge in [0.1, 0.15) is 6.17 Å². The SMILES string of the molecule is CCCCCN1C=CN(CC)C1CC. The van der Waals surface area contributed by atoms with E-state index in [4.69, 9.17) is 0 Å². The molecule has 1 atom stereocenters. The fourth-order valence-electron chi connectivity index (χ4n) is 2.11. The lowest BCUT2D eigenvalue weighted by atomic mass is 10.2. The molecular formula is C12H24N2. The van der Waals surface area contributed by atoms with Crippen molar-refractivity contribution in [3.8, 4) is 0 Å². The van der Waals surface area contributed by atoms with Crippen LogP contribution in [0.4, 0.5) is 0 Å². The molecule has 0 saturated heterocycles. The van der Waals surface area contributed by atoms with Crippen molar-refractivity contribution >= 4 is 0 Å². The van der Waals surface area contributed by atoms with Crippen LogP contribution in [0.2, 0.25) is 0 Å². The lowest BCUT2D eigenvalue weighted by Crippen LogP contribution is -2.38. The summed E-state index contributed by atoms with van der Waals surface area (Å²) in [6.07, 6.45) is 10.3. The summed E-state index contributed by atoms with van der Waals surface area (Å²) in [6.45, 7) is 9.10. The van der Waals surface area contributed by atoms with E-state index in [9.17, 15) is 0 Å². The van der Waals surface area contributed by atoms with E-state index in [0.29, 0.717) is 6.17 Å². The van der Waals surface area contributed by atoms with Gasteiger partial charge in [0.15, 0.2) is 0 Å². The van der Waals surface area contributed by atoms with Gasteiger partial charge in [-0.05, 0) is 19.8 Å². The van der Waals surface area contributed by atoms with Crippen LogP contribution in [-0.2, 0) is 0 Å². The van der Waals surface area contributed by atoms with Crippen LogP contribution in [0.5, 0.6) is 0 Å². The summed E-state index contributed by atoms with van der Waals surface area (Å²) in [5.74, 6) is 0. The van der Waals surface area contributed by atoms with E-state index in [0.717, 1.165) is 6.54 Å². The molecule has 0 aromatic heterocycles. The molecule has 1 aliphatic heterocycles. The Labute approximate surface area is 88.6 Å². The molecule has 0 aromatic rings. The number of rotatable bonds is 6.